The molecule has 1 saturated heterocycles. The zero-order chi connectivity index (χ0) is 14.2. The Kier molecular flexibility index (Phi) is 3.49. The molecule has 0 radical (unpaired) electrons. The number of rotatable bonds is 3. The number of piperazine rings is 1. The highest BCUT2D eigenvalue weighted by Crippen LogP contribution is 2.33. The molecule has 1 aliphatic rings. The van der Waals surface area contributed by atoms with Crippen LogP contribution >= 0.6 is 0 Å². The lowest BCUT2D eigenvalue weighted by molar-refractivity contribution is -0.384. The number of nitrogens with one attached hydrogen (secondary N) is 1. The van der Waals surface area contributed by atoms with Gasteiger partial charge in [-0.3, -0.25) is 10.1 Å². The SMILES string of the molecule is CCn1nc(C)c([N+](=O)[O-])c1N1CCNC(C)(C)C1. The topological polar surface area (TPSA) is 76.2 Å². The Morgan fingerprint density at radius 1 is 1.53 bits per heavy atom. The van der Waals surface area contributed by atoms with Gasteiger partial charge in [-0.2, -0.15) is 5.10 Å². The molecular formula is C12H21N5O2. The van der Waals surface area contributed by atoms with Gasteiger partial charge >= 0.3 is 5.69 Å². The summed E-state index contributed by atoms with van der Waals surface area (Å²) >= 11 is 0. The highest BCUT2D eigenvalue weighted by atomic mass is 16.6. The first-order chi connectivity index (χ1) is 8.85. The second-order valence-corrected chi connectivity index (χ2v) is 5.56. The summed E-state index contributed by atoms with van der Waals surface area (Å²) in [6.45, 7) is 10.8. The van der Waals surface area contributed by atoms with Gasteiger partial charge < -0.3 is 10.2 Å². The summed E-state index contributed by atoms with van der Waals surface area (Å²) in [6.07, 6.45) is 0. The number of hydrogen-bond acceptors (Lipinski definition) is 5. The second-order valence-electron chi connectivity index (χ2n) is 5.56. The molecule has 0 atom stereocenters. The first-order valence-corrected chi connectivity index (χ1v) is 6.57. The molecule has 0 saturated carbocycles. The summed E-state index contributed by atoms with van der Waals surface area (Å²) in [4.78, 5) is 13.0. The molecule has 0 unspecified atom stereocenters. The van der Waals surface area contributed by atoms with E-state index in [2.05, 4.69) is 29.2 Å². The number of anilines is 1. The molecule has 0 bridgehead atoms. The second kappa shape index (κ2) is 4.80. The number of nitrogens with zero attached hydrogens (tertiary/aromatic N) is 4. The Morgan fingerprint density at radius 3 is 2.74 bits per heavy atom. The Bertz CT molecular complexity index is 495. The molecule has 2 heterocycles. The smallest absolute Gasteiger partial charge is 0.333 e. The zero-order valence-corrected chi connectivity index (χ0v) is 11.9. The van der Waals surface area contributed by atoms with Crippen LogP contribution in [-0.2, 0) is 6.54 Å². The van der Waals surface area contributed by atoms with Crippen molar-refractivity contribution in [1.29, 1.82) is 0 Å². The minimum absolute atomic E-state index is 0.0527. The van der Waals surface area contributed by atoms with Gasteiger partial charge in [-0.15, -0.1) is 0 Å². The molecule has 7 heteroatoms. The van der Waals surface area contributed by atoms with E-state index < -0.39 is 0 Å². The number of aromatic nitrogens is 2. The molecule has 0 aliphatic carbocycles. The standard InChI is InChI=1S/C12H21N5O2/c1-5-16-11(10(17(18)19)9(2)14-16)15-7-6-13-12(3,4)8-15/h13H,5-8H2,1-4H3. The maximum Gasteiger partial charge on any atom is 0.333 e. The van der Waals surface area contributed by atoms with E-state index in [1.807, 2.05) is 6.92 Å². The average Bonchev–Trinajstić information content (AvgIpc) is 2.64. The average molecular weight is 267 g/mol. The van der Waals surface area contributed by atoms with E-state index in [0.29, 0.717) is 18.1 Å². The third-order valence-electron chi connectivity index (χ3n) is 3.42. The third kappa shape index (κ3) is 2.56. The van der Waals surface area contributed by atoms with E-state index in [1.54, 1.807) is 11.6 Å². The molecular weight excluding hydrogens is 246 g/mol. The van der Waals surface area contributed by atoms with Crippen molar-refractivity contribution in [3.63, 3.8) is 0 Å². The van der Waals surface area contributed by atoms with Crippen molar-refractivity contribution in [3.8, 4) is 0 Å². The van der Waals surface area contributed by atoms with Crippen LogP contribution in [-0.4, -0.2) is 39.9 Å². The molecule has 1 aromatic heterocycles. The van der Waals surface area contributed by atoms with Crippen LogP contribution in [0.15, 0.2) is 0 Å². The van der Waals surface area contributed by atoms with Gasteiger partial charge in [-0.1, -0.05) is 0 Å². The van der Waals surface area contributed by atoms with Gasteiger partial charge in [0.1, 0.15) is 5.69 Å². The Balaban J connectivity index is 2.45. The molecule has 7 nitrogen and oxygen atoms in total. The molecule has 1 aliphatic heterocycles. The molecule has 19 heavy (non-hydrogen) atoms. The van der Waals surface area contributed by atoms with E-state index in [9.17, 15) is 10.1 Å². The van der Waals surface area contributed by atoms with Gasteiger partial charge in [-0.25, -0.2) is 4.68 Å². The van der Waals surface area contributed by atoms with Gasteiger partial charge in [-0.05, 0) is 27.7 Å². The summed E-state index contributed by atoms with van der Waals surface area (Å²) < 4.78 is 1.73. The Morgan fingerprint density at radius 2 is 2.21 bits per heavy atom. The fourth-order valence-corrected chi connectivity index (χ4v) is 2.63. The van der Waals surface area contributed by atoms with Gasteiger partial charge in [0.2, 0.25) is 5.82 Å². The van der Waals surface area contributed by atoms with Crippen molar-refractivity contribution in [2.75, 3.05) is 24.5 Å². The van der Waals surface area contributed by atoms with Crippen LogP contribution in [0.25, 0.3) is 0 Å². The minimum atomic E-state index is -0.321. The van der Waals surface area contributed by atoms with Crippen molar-refractivity contribution in [2.24, 2.45) is 0 Å². The van der Waals surface area contributed by atoms with Crippen LogP contribution in [0.2, 0.25) is 0 Å². The zero-order valence-electron chi connectivity index (χ0n) is 11.9. The van der Waals surface area contributed by atoms with Crippen LogP contribution in [0.4, 0.5) is 11.5 Å². The highest BCUT2D eigenvalue weighted by molar-refractivity contribution is 5.62. The summed E-state index contributed by atoms with van der Waals surface area (Å²) in [7, 11) is 0. The first kappa shape index (κ1) is 13.8. The van der Waals surface area contributed by atoms with Crippen molar-refractivity contribution >= 4 is 11.5 Å². The lowest BCUT2D eigenvalue weighted by Gasteiger charge is -2.39. The van der Waals surface area contributed by atoms with E-state index >= 15 is 0 Å². The molecule has 0 spiro atoms. The summed E-state index contributed by atoms with van der Waals surface area (Å²) in [5, 5.41) is 19.0. The van der Waals surface area contributed by atoms with Crippen molar-refractivity contribution in [1.82, 2.24) is 15.1 Å². The molecule has 1 fully saturated rings. The third-order valence-corrected chi connectivity index (χ3v) is 3.42. The largest absolute Gasteiger partial charge is 0.348 e. The van der Waals surface area contributed by atoms with Gasteiger partial charge in [0.25, 0.3) is 0 Å². The molecule has 0 aromatic carbocycles. The molecule has 1 N–H and O–H groups in total. The lowest BCUT2D eigenvalue weighted by atomic mass is 10.0. The molecule has 0 amide bonds. The van der Waals surface area contributed by atoms with E-state index in [4.69, 9.17) is 0 Å². The first-order valence-electron chi connectivity index (χ1n) is 6.57. The number of aryl methyl sites for hydroxylation is 2. The maximum atomic E-state index is 11.3. The number of nitro groups is 1. The van der Waals surface area contributed by atoms with Gasteiger partial charge in [0.15, 0.2) is 0 Å². The predicted molar refractivity (Wildman–Crippen MR) is 73.6 cm³/mol. The summed E-state index contributed by atoms with van der Waals surface area (Å²) in [5.74, 6) is 0.638. The lowest BCUT2D eigenvalue weighted by Crippen LogP contribution is -2.57. The van der Waals surface area contributed by atoms with Crippen LogP contribution in [0.1, 0.15) is 26.5 Å². The van der Waals surface area contributed by atoms with Crippen molar-refractivity contribution < 1.29 is 4.92 Å². The highest BCUT2D eigenvalue weighted by Gasteiger charge is 2.34. The van der Waals surface area contributed by atoms with Crippen molar-refractivity contribution in [2.45, 2.75) is 39.8 Å². The summed E-state index contributed by atoms with van der Waals surface area (Å²) in [6, 6.07) is 0. The van der Waals surface area contributed by atoms with Crippen LogP contribution in [0.3, 0.4) is 0 Å². The summed E-state index contributed by atoms with van der Waals surface area (Å²) in [5.41, 5.74) is 0.570. The van der Waals surface area contributed by atoms with Crippen LogP contribution < -0.4 is 10.2 Å². The molecule has 2 rings (SSSR count). The molecule has 106 valence electrons. The van der Waals surface area contributed by atoms with Gasteiger partial charge in [0, 0.05) is 31.7 Å². The predicted octanol–water partition coefficient (Wildman–Crippen LogP) is 1.31. The quantitative estimate of drug-likeness (QED) is 0.660. The fraction of sp³-hybridized carbons (Fsp3) is 0.750. The minimum Gasteiger partial charge on any atom is -0.348 e. The van der Waals surface area contributed by atoms with E-state index in [1.165, 1.54) is 0 Å². The monoisotopic (exact) mass is 267 g/mol. The van der Waals surface area contributed by atoms with Crippen LogP contribution in [0.5, 0.6) is 0 Å². The van der Waals surface area contributed by atoms with Gasteiger partial charge in [0.05, 0.1) is 4.92 Å². The Hall–Kier alpha value is -1.63. The Labute approximate surface area is 112 Å². The number of hydrogen-bond donors (Lipinski definition) is 1. The van der Waals surface area contributed by atoms with E-state index in [-0.39, 0.29) is 16.1 Å². The maximum absolute atomic E-state index is 11.3. The van der Waals surface area contributed by atoms with Crippen molar-refractivity contribution in [3.05, 3.63) is 15.8 Å². The molecule has 1 aromatic rings. The van der Waals surface area contributed by atoms with E-state index in [0.717, 1.165) is 19.6 Å². The normalized spacial score (nSPS) is 18.6. The van der Waals surface area contributed by atoms with Crippen LogP contribution in [0, 0.1) is 17.0 Å². The fourth-order valence-electron chi connectivity index (χ4n) is 2.63.